The van der Waals surface area contributed by atoms with Gasteiger partial charge in [-0.05, 0) is 47.5 Å². The van der Waals surface area contributed by atoms with E-state index < -0.39 is 17.2 Å². The third-order valence-electron chi connectivity index (χ3n) is 4.46. The predicted octanol–water partition coefficient (Wildman–Crippen LogP) is 1.71. The van der Waals surface area contributed by atoms with Crippen LogP contribution in [0.25, 0.3) is 0 Å². The van der Waals surface area contributed by atoms with E-state index in [1.165, 1.54) is 6.20 Å². The summed E-state index contributed by atoms with van der Waals surface area (Å²) in [6, 6.07) is 0. The Balaban J connectivity index is 2.30. The number of carbonyl (C=O) groups excluding carboxylic acids is 3. The molecular weight excluding hydrogens is 336 g/mol. The number of hydrogen-bond acceptors (Lipinski definition) is 6. The molecule has 2 atom stereocenters. The number of fused-ring (bicyclic) bond motifs is 1. The Morgan fingerprint density at radius 2 is 1.65 bits per heavy atom. The Bertz CT molecular complexity index is 588. The van der Waals surface area contributed by atoms with E-state index in [1.807, 2.05) is 0 Å². The Morgan fingerprint density at radius 1 is 1.15 bits per heavy atom. The molecule has 2 aliphatic rings. The van der Waals surface area contributed by atoms with Crippen molar-refractivity contribution in [1.29, 1.82) is 0 Å². The zero-order chi connectivity index (χ0) is 19.7. The highest BCUT2D eigenvalue weighted by atomic mass is 16.6. The molecule has 7 heteroatoms. The fourth-order valence-electron chi connectivity index (χ4n) is 3.34. The van der Waals surface area contributed by atoms with Gasteiger partial charge in [0, 0.05) is 12.7 Å². The molecule has 0 aromatic carbocycles. The van der Waals surface area contributed by atoms with Gasteiger partial charge >= 0.3 is 5.97 Å². The Morgan fingerprint density at radius 3 is 2.08 bits per heavy atom. The van der Waals surface area contributed by atoms with E-state index in [0.29, 0.717) is 12.8 Å². The average Bonchev–Trinajstić information content (AvgIpc) is 2.74. The first-order chi connectivity index (χ1) is 11.9. The SMILES string of the molecule is CC(C)(O)CN/C=C(/C(=O)OC(C)(C)C)N1C(=O)[C@H]2CCCC[C@H]2C1=O. The predicted molar refractivity (Wildman–Crippen MR) is 95.5 cm³/mol. The van der Waals surface area contributed by atoms with Crippen LogP contribution in [0.2, 0.25) is 0 Å². The van der Waals surface area contributed by atoms with Crippen LogP contribution in [0.15, 0.2) is 11.9 Å². The molecule has 26 heavy (non-hydrogen) atoms. The first-order valence-electron chi connectivity index (χ1n) is 9.18. The third kappa shape index (κ3) is 4.84. The van der Waals surface area contributed by atoms with Crippen molar-refractivity contribution in [1.82, 2.24) is 10.2 Å². The standard InChI is InChI=1S/C19H30N2O5/c1-18(2,3)26-17(24)14(10-20-11-19(4,5)25)21-15(22)12-8-6-7-9-13(12)16(21)23/h10,12-13,20,25H,6-9,11H2,1-5H3/b14-10-/t12-,13+. The summed E-state index contributed by atoms with van der Waals surface area (Å²) in [5.74, 6) is -2.10. The minimum Gasteiger partial charge on any atom is -0.455 e. The molecule has 1 aliphatic carbocycles. The molecule has 0 aromatic rings. The lowest BCUT2D eigenvalue weighted by molar-refractivity contribution is -0.156. The number of amides is 2. The highest BCUT2D eigenvalue weighted by Gasteiger charge is 2.51. The monoisotopic (exact) mass is 366 g/mol. The van der Waals surface area contributed by atoms with Crippen molar-refractivity contribution in [3.63, 3.8) is 0 Å². The average molecular weight is 366 g/mol. The second-order valence-corrected chi connectivity index (χ2v) is 8.73. The fraction of sp³-hybridized carbons (Fsp3) is 0.737. The number of esters is 1. The number of rotatable bonds is 5. The largest absolute Gasteiger partial charge is 0.455 e. The zero-order valence-electron chi connectivity index (χ0n) is 16.3. The van der Waals surface area contributed by atoms with Crippen LogP contribution in [-0.4, -0.2) is 45.5 Å². The van der Waals surface area contributed by atoms with Crippen molar-refractivity contribution < 1.29 is 24.2 Å². The van der Waals surface area contributed by atoms with Crippen LogP contribution in [-0.2, 0) is 19.1 Å². The van der Waals surface area contributed by atoms with Crippen molar-refractivity contribution in [2.24, 2.45) is 11.8 Å². The van der Waals surface area contributed by atoms with Crippen LogP contribution in [0.1, 0.15) is 60.3 Å². The molecule has 0 radical (unpaired) electrons. The number of imide groups is 1. The second-order valence-electron chi connectivity index (χ2n) is 8.73. The minimum atomic E-state index is -1.01. The molecule has 2 fully saturated rings. The fourth-order valence-corrected chi connectivity index (χ4v) is 3.34. The zero-order valence-corrected chi connectivity index (χ0v) is 16.3. The van der Waals surface area contributed by atoms with Crippen LogP contribution in [0.4, 0.5) is 0 Å². The van der Waals surface area contributed by atoms with Crippen molar-refractivity contribution >= 4 is 17.8 Å². The molecular formula is C19H30N2O5. The van der Waals surface area contributed by atoms with Gasteiger partial charge in [-0.2, -0.15) is 0 Å². The lowest BCUT2D eigenvalue weighted by Gasteiger charge is -2.24. The van der Waals surface area contributed by atoms with E-state index in [1.54, 1.807) is 34.6 Å². The molecule has 1 heterocycles. The van der Waals surface area contributed by atoms with E-state index in [-0.39, 0.29) is 35.9 Å². The molecule has 0 bridgehead atoms. The molecule has 0 unspecified atom stereocenters. The topological polar surface area (TPSA) is 95.9 Å². The van der Waals surface area contributed by atoms with Gasteiger partial charge in [0.2, 0.25) is 11.8 Å². The molecule has 2 N–H and O–H groups in total. The molecule has 0 spiro atoms. The van der Waals surface area contributed by atoms with Crippen molar-refractivity contribution in [3.8, 4) is 0 Å². The van der Waals surface area contributed by atoms with E-state index in [2.05, 4.69) is 5.32 Å². The summed E-state index contributed by atoms with van der Waals surface area (Å²) in [4.78, 5) is 39.2. The summed E-state index contributed by atoms with van der Waals surface area (Å²) in [7, 11) is 0. The van der Waals surface area contributed by atoms with Gasteiger partial charge < -0.3 is 15.2 Å². The highest BCUT2D eigenvalue weighted by Crippen LogP contribution is 2.39. The van der Waals surface area contributed by atoms with Crippen LogP contribution in [0.3, 0.4) is 0 Å². The van der Waals surface area contributed by atoms with E-state index >= 15 is 0 Å². The van der Waals surface area contributed by atoms with Crippen LogP contribution >= 0.6 is 0 Å². The van der Waals surface area contributed by atoms with Gasteiger partial charge in [-0.1, -0.05) is 12.8 Å². The Labute approximate surface area is 154 Å². The molecule has 2 rings (SSSR count). The highest BCUT2D eigenvalue weighted by molar-refractivity contribution is 6.11. The summed E-state index contributed by atoms with van der Waals surface area (Å²) in [6.07, 6.45) is 4.47. The van der Waals surface area contributed by atoms with Crippen LogP contribution in [0.5, 0.6) is 0 Å². The molecule has 146 valence electrons. The van der Waals surface area contributed by atoms with Gasteiger partial charge in [-0.25, -0.2) is 9.69 Å². The lowest BCUT2D eigenvalue weighted by atomic mass is 9.81. The first kappa shape index (κ1) is 20.4. The van der Waals surface area contributed by atoms with Crippen LogP contribution < -0.4 is 5.32 Å². The number of likely N-dealkylation sites (tertiary alicyclic amines) is 1. The van der Waals surface area contributed by atoms with E-state index in [4.69, 9.17) is 4.74 Å². The number of carbonyl (C=O) groups is 3. The molecule has 1 saturated carbocycles. The molecule has 1 aliphatic heterocycles. The summed E-state index contributed by atoms with van der Waals surface area (Å²) in [6.45, 7) is 8.55. The van der Waals surface area contributed by atoms with Crippen molar-refractivity contribution in [3.05, 3.63) is 11.9 Å². The van der Waals surface area contributed by atoms with Crippen molar-refractivity contribution in [2.45, 2.75) is 71.5 Å². The molecule has 0 aromatic heterocycles. The molecule has 7 nitrogen and oxygen atoms in total. The summed E-state index contributed by atoms with van der Waals surface area (Å²) in [5.41, 5.74) is -1.89. The number of nitrogens with one attached hydrogen (secondary N) is 1. The van der Waals surface area contributed by atoms with Crippen molar-refractivity contribution in [2.75, 3.05) is 6.54 Å². The second kappa shape index (κ2) is 7.39. The molecule has 2 amide bonds. The minimum absolute atomic E-state index is 0.117. The Kier molecular flexibility index (Phi) is 5.80. The first-order valence-corrected chi connectivity index (χ1v) is 9.18. The number of hydrogen-bond donors (Lipinski definition) is 2. The van der Waals surface area contributed by atoms with Crippen LogP contribution in [0, 0.1) is 11.8 Å². The normalized spacial score (nSPS) is 24.5. The van der Waals surface area contributed by atoms with Gasteiger partial charge in [0.1, 0.15) is 5.60 Å². The third-order valence-corrected chi connectivity index (χ3v) is 4.46. The lowest BCUT2D eigenvalue weighted by Crippen LogP contribution is -2.39. The summed E-state index contributed by atoms with van der Waals surface area (Å²) < 4.78 is 5.39. The maximum absolute atomic E-state index is 12.8. The smallest absolute Gasteiger partial charge is 0.357 e. The quantitative estimate of drug-likeness (QED) is 0.437. The van der Waals surface area contributed by atoms with Gasteiger partial charge in [0.25, 0.3) is 0 Å². The van der Waals surface area contributed by atoms with Gasteiger partial charge in [-0.15, -0.1) is 0 Å². The Hall–Kier alpha value is -1.89. The molecule has 1 saturated heterocycles. The van der Waals surface area contributed by atoms with E-state index in [0.717, 1.165) is 17.7 Å². The van der Waals surface area contributed by atoms with Gasteiger partial charge in [-0.3, -0.25) is 9.59 Å². The summed E-state index contributed by atoms with van der Waals surface area (Å²) in [5, 5.41) is 12.7. The van der Waals surface area contributed by atoms with E-state index in [9.17, 15) is 19.5 Å². The number of ether oxygens (including phenoxy) is 1. The maximum Gasteiger partial charge on any atom is 0.357 e. The number of aliphatic hydroxyl groups is 1. The maximum atomic E-state index is 12.8. The van der Waals surface area contributed by atoms with Gasteiger partial charge in [0.05, 0.1) is 17.4 Å². The van der Waals surface area contributed by atoms with Gasteiger partial charge in [0.15, 0.2) is 5.70 Å². The number of nitrogens with zero attached hydrogens (tertiary/aromatic N) is 1. The summed E-state index contributed by atoms with van der Waals surface area (Å²) >= 11 is 0.